The largest absolute Gasteiger partial charge is 0.496 e. The third-order valence-electron chi connectivity index (χ3n) is 4.20. The van der Waals surface area contributed by atoms with Gasteiger partial charge in [-0.1, -0.05) is 0 Å². The predicted molar refractivity (Wildman–Crippen MR) is 110 cm³/mol. The minimum atomic E-state index is -0.418. The Morgan fingerprint density at radius 2 is 2.10 bits per heavy atom. The van der Waals surface area contributed by atoms with E-state index in [2.05, 4.69) is 15.3 Å². The zero-order valence-corrected chi connectivity index (χ0v) is 16.9. The maximum absolute atomic E-state index is 10.9. The first-order valence-electron chi connectivity index (χ1n) is 8.62. The van der Waals surface area contributed by atoms with Gasteiger partial charge in [0, 0.05) is 17.2 Å². The van der Waals surface area contributed by atoms with Crippen molar-refractivity contribution in [3.05, 3.63) is 73.8 Å². The molecule has 0 aliphatic rings. The molecule has 150 valence electrons. The molecule has 0 fully saturated rings. The van der Waals surface area contributed by atoms with Gasteiger partial charge in [-0.2, -0.15) is 14.9 Å². The lowest BCUT2D eigenvalue weighted by Gasteiger charge is -2.11. The lowest BCUT2D eigenvalue weighted by Crippen LogP contribution is -2.01. The molecule has 9 nitrogen and oxygen atoms in total. The number of H-pyrrole nitrogens is 1. The van der Waals surface area contributed by atoms with Gasteiger partial charge in [0.05, 0.1) is 18.2 Å². The van der Waals surface area contributed by atoms with Gasteiger partial charge < -0.3 is 9.47 Å². The molecule has 1 heterocycles. The molecule has 0 aliphatic carbocycles. The first kappa shape index (κ1) is 20.2. The summed E-state index contributed by atoms with van der Waals surface area (Å²) in [6.07, 6.45) is 1.66. The second kappa shape index (κ2) is 8.65. The highest BCUT2D eigenvalue weighted by Gasteiger charge is 2.11. The van der Waals surface area contributed by atoms with Crippen LogP contribution in [0.25, 0.3) is 0 Å². The van der Waals surface area contributed by atoms with E-state index in [4.69, 9.17) is 21.7 Å². The highest BCUT2D eigenvalue weighted by atomic mass is 32.1. The van der Waals surface area contributed by atoms with E-state index in [1.165, 1.54) is 10.7 Å². The molecule has 3 aromatic rings. The Kier molecular flexibility index (Phi) is 6.03. The molecule has 1 aromatic heterocycles. The second-order valence-electron chi connectivity index (χ2n) is 6.20. The van der Waals surface area contributed by atoms with Crippen LogP contribution >= 0.6 is 12.2 Å². The molecule has 0 spiro atoms. The van der Waals surface area contributed by atoms with Crippen molar-refractivity contribution in [1.29, 1.82) is 0 Å². The first-order chi connectivity index (χ1) is 13.9. The van der Waals surface area contributed by atoms with E-state index in [-0.39, 0.29) is 12.3 Å². The number of methoxy groups -OCH3 is 1. The van der Waals surface area contributed by atoms with Crippen molar-refractivity contribution in [1.82, 2.24) is 14.9 Å². The number of nitro benzene ring substituents is 1. The van der Waals surface area contributed by atoms with Crippen LogP contribution in [0.2, 0.25) is 0 Å². The van der Waals surface area contributed by atoms with Gasteiger partial charge in [-0.15, -0.1) is 0 Å². The zero-order chi connectivity index (χ0) is 21.0. The van der Waals surface area contributed by atoms with Crippen LogP contribution in [0, 0.1) is 28.7 Å². The average Bonchev–Trinajstić information content (AvgIpc) is 3.02. The number of aromatic nitrogens is 3. The van der Waals surface area contributed by atoms with Gasteiger partial charge in [-0.05, 0) is 62.0 Å². The third-order valence-corrected chi connectivity index (χ3v) is 4.46. The van der Waals surface area contributed by atoms with Crippen molar-refractivity contribution < 1.29 is 14.4 Å². The Morgan fingerprint density at radius 1 is 1.31 bits per heavy atom. The van der Waals surface area contributed by atoms with Crippen molar-refractivity contribution in [3.63, 3.8) is 0 Å². The minimum Gasteiger partial charge on any atom is -0.496 e. The van der Waals surface area contributed by atoms with Gasteiger partial charge in [0.2, 0.25) is 4.77 Å². The summed E-state index contributed by atoms with van der Waals surface area (Å²) < 4.78 is 13.1. The molecular weight excluding hydrogens is 394 g/mol. The monoisotopic (exact) mass is 413 g/mol. The second-order valence-corrected chi connectivity index (χ2v) is 6.58. The number of nitrogens with zero attached hydrogens (tertiary/aromatic N) is 4. The topological polar surface area (TPSA) is 108 Å². The Morgan fingerprint density at radius 3 is 2.72 bits per heavy atom. The van der Waals surface area contributed by atoms with Crippen molar-refractivity contribution in [3.8, 4) is 11.5 Å². The van der Waals surface area contributed by atoms with E-state index >= 15 is 0 Å². The van der Waals surface area contributed by atoms with E-state index in [9.17, 15) is 10.1 Å². The highest BCUT2D eigenvalue weighted by molar-refractivity contribution is 7.71. The normalized spacial score (nSPS) is 11.0. The van der Waals surface area contributed by atoms with Crippen LogP contribution in [0.4, 0.5) is 5.69 Å². The molecular formula is C19H19N5O4S. The van der Waals surface area contributed by atoms with Gasteiger partial charge in [-0.3, -0.25) is 15.2 Å². The zero-order valence-electron chi connectivity index (χ0n) is 16.1. The maximum Gasteiger partial charge on any atom is 0.272 e. The van der Waals surface area contributed by atoms with Gasteiger partial charge in [0.1, 0.15) is 23.9 Å². The lowest BCUT2D eigenvalue weighted by atomic mass is 10.1. The fourth-order valence-corrected chi connectivity index (χ4v) is 2.93. The van der Waals surface area contributed by atoms with Crippen LogP contribution in [-0.2, 0) is 6.61 Å². The Labute approximate surface area is 171 Å². The maximum atomic E-state index is 10.9. The minimum absolute atomic E-state index is 0.0567. The Hall–Kier alpha value is -3.53. The lowest BCUT2D eigenvalue weighted by molar-refractivity contribution is -0.385. The quantitative estimate of drug-likeness (QED) is 0.272. The smallest absolute Gasteiger partial charge is 0.272 e. The van der Waals surface area contributed by atoms with E-state index in [0.717, 1.165) is 11.1 Å². The van der Waals surface area contributed by atoms with E-state index in [1.807, 2.05) is 18.2 Å². The summed E-state index contributed by atoms with van der Waals surface area (Å²) in [5, 5.41) is 22.0. The van der Waals surface area contributed by atoms with Crippen LogP contribution in [-0.4, -0.2) is 33.1 Å². The molecule has 29 heavy (non-hydrogen) atoms. The van der Waals surface area contributed by atoms with E-state index < -0.39 is 4.92 Å². The van der Waals surface area contributed by atoms with Crippen LogP contribution < -0.4 is 9.47 Å². The number of nitrogens with one attached hydrogen (secondary N) is 1. The number of rotatable bonds is 7. The molecule has 3 rings (SSSR count). The number of hydrogen-bond donors (Lipinski definition) is 1. The van der Waals surface area contributed by atoms with E-state index in [1.54, 1.807) is 39.3 Å². The van der Waals surface area contributed by atoms with Crippen LogP contribution in [0.5, 0.6) is 11.5 Å². The van der Waals surface area contributed by atoms with Crippen molar-refractivity contribution in [2.24, 2.45) is 5.10 Å². The number of hydrogen-bond acceptors (Lipinski definition) is 7. The van der Waals surface area contributed by atoms with E-state index in [0.29, 0.717) is 27.7 Å². The van der Waals surface area contributed by atoms with Gasteiger partial charge >= 0.3 is 0 Å². The third kappa shape index (κ3) is 4.66. The molecule has 0 bridgehead atoms. The van der Waals surface area contributed by atoms with Gasteiger partial charge in [0.15, 0.2) is 0 Å². The summed E-state index contributed by atoms with van der Waals surface area (Å²) in [7, 11) is 1.58. The van der Waals surface area contributed by atoms with Crippen molar-refractivity contribution in [2.45, 2.75) is 20.5 Å². The summed E-state index contributed by atoms with van der Waals surface area (Å²) in [5.41, 5.74) is 2.22. The molecule has 2 aromatic carbocycles. The number of aryl methyl sites for hydroxylation is 2. The SMILES string of the molecule is COc1ccc(C=Nn2c(C)n[nH]c2=S)cc1COc1ccc([N+](=O)[O-])c(C)c1. The molecule has 0 amide bonds. The molecule has 0 saturated heterocycles. The molecule has 0 saturated carbocycles. The summed E-state index contributed by atoms with van der Waals surface area (Å²) in [4.78, 5) is 10.5. The highest BCUT2D eigenvalue weighted by Crippen LogP contribution is 2.25. The van der Waals surface area contributed by atoms with Gasteiger partial charge in [-0.25, -0.2) is 0 Å². The van der Waals surface area contributed by atoms with Crippen molar-refractivity contribution in [2.75, 3.05) is 7.11 Å². The van der Waals surface area contributed by atoms with Crippen LogP contribution in [0.1, 0.15) is 22.5 Å². The molecule has 0 aliphatic heterocycles. The average molecular weight is 413 g/mol. The fourth-order valence-electron chi connectivity index (χ4n) is 2.71. The molecule has 10 heteroatoms. The molecule has 1 N–H and O–H groups in total. The number of aromatic amines is 1. The number of benzene rings is 2. The molecule has 0 radical (unpaired) electrons. The Bertz CT molecular complexity index is 1140. The summed E-state index contributed by atoms with van der Waals surface area (Å²) in [6, 6.07) is 10.2. The molecule has 0 atom stereocenters. The van der Waals surface area contributed by atoms with Crippen molar-refractivity contribution >= 4 is 24.1 Å². The summed E-state index contributed by atoms with van der Waals surface area (Å²) >= 11 is 5.13. The van der Waals surface area contributed by atoms with Crippen LogP contribution in [0.15, 0.2) is 41.5 Å². The fraction of sp³-hybridized carbons (Fsp3) is 0.211. The summed E-state index contributed by atoms with van der Waals surface area (Å²) in [6.45, 7) is 3.70. The predicted octanol–water partition coefficient (Wildman–Crippen LogP) is 3.94. The molecule has 0 unspecified atom stereocenters. The van der Waals surface area contributed by atoms with Gasteiger partial charge in [0.25, 0.3) is 5.69 Å². The standard InChI is InChI=1S/C19H19N5O4S/c1-12-8-16(5-6-17(12)24(25)26)28-11-15-9-14(4-7-18(15)27-3)10-20-23-13(2)21-22-19(23)29/h4-10H,11H2,1-3H3,(H,22,29). The number of ether oxygens (including phenoxy) is 2. The summed E-state index contributed by atoms with van der Waals surface area (Å²) in [5.74, 6) is 1.85. The Balaban J connectivity index is 1.80. The van der Waals surface area contributed by atoms with Crippen LogP contribution in [0.3, 0.4) is 0 Å². The first-order valence-corrected chi connectivity index (χ1v) is 9.03. The number of nitro groups is 1.